The third kappa shape index (κ3) is 4.18. The third-order valence-corrected chi connectivity index (χ3v) is 5.99. The van der Waals surface area contributed by atoms with E-state index in [1.807, 2.05) is 6.07 Å². The van der Waals surface area contributed by atoms with Gasteiger partial charge in [-0.1, -0.05) is 36.4 Å². The molecule has 0 atom stereocenters. The number of benzene rings is 2. The maximum absolute atomic E-state index is 9.67. The second-order valence-corrected chi connectivity index (χ2v) is 8.09. The predicted molar refractivity (Wildman–Crippen MR) is 128 cm³/mol. The van der Waals surface area contributed by atoms with Crippen molar-refractivity contribution < 1.29 is 9.47 Å². The van der Waals surface area contributed by atoms with Crippen LogP contribution in [-0.2, 0) is 0 Å². The van der Waals surface area contributed by atoms with Crippen molar-refractivity contribution in [3.05, 3.63) is 77.1 Å². The summed E-state index contributed by atoms with van der Waals surface area (Å²) in [5.41, 5.74) is 3.20. The summed E-state index contributed by atoms with van der Waals surface area (Å²) < 4.78 is 11.7. The Morgan fingerprint density at radius 3 is 2.69 bits per heavy atom. The van der Waals surface area contributed by atoms with E-state index in [1.54, 1.807) is 37.5 Å². The van der Waals surface area contributed by atoms with Crippen LogP contribution in [-0.4, -0.2) is 36.2 Å². The van der Waals surface area contributed by atoms with Crippen molar-refractivity contribution in [1.29, 1.82) is 5.26 Å². The number of likely N-dealkylation sites (tertiary alicyclic amines) is 1. The number of aromatic nitrogens is 1. The maximum Gasteiger partial charge on any atom is 0.162 e. The van der Waals surface area contributed by atoms with Gasteiger partial charge < -0.3 is 19.7 Å². The zero-order valence-electron chi connectivity index (χ0n) is 17.4. The van der Waals surface area contributed by atoms with E-state index in [2.05, 4.69) is 34.4 Å². The molecular formula is C24H20Cl2N4O2. The number of halogens is 2. The van der Waals surface area contributed by atoms with E-state index < -0.39 is 0 Å². The molecule has 6 nitrogen and oxygen atoms in total. The average molecular weight is 467 g/mol. The smallest absolute Gasteiger partial charge is 0.162 e. The number of nitrogens with zero attached hydrogens (tertiary/aromatic N) is 3. The van der Waals surface area contributed by atoms with Crippen LogP contribution in [0.2, 0.25) is 10.0 Å². The van der Waals surface area contributed by atoms with E-state index >= 15 is 0 Å². The molecule has 1 aromatic heterocycles. The lowest BCUT2D eigenvalue weighted by Crippen LogP contribution is -2.52. The van der Waals surface area contributed by atoms with Crippen LogP contribution in [0.1, 0.15) is 5.56 Å². The number of ether oxygens (including phenoxy) is 2. The maximum atomic E-state index is 9.67. The Morgan fingerprint density at radius 2 is 2.03 bits per heavy atom. The van der Waals surface area contributed by atoms with E-state index in [9.17, 15) is 5.26 Å². The number of anilines is 2. The molecule has 1 fully saturated rings. The monoisotopic (exact) mass is 466 g/mol. The fourth-order valence-corrected chi connectivity index (χ4v) is 3.74. The summed E-state index contributed by atoms with van der Waals surface area (Å²) in [6.07, 6.45) is 3.23. The summed E-state index contributed by atoms with van der Waals surface area (Å²) in [5.74, 6) is 1.14. The Labute approximate surface area is 196 Å². The summed E-state index contributed by atoms with van der Waals surface area (Å²) >= 11 is 12.2. The van der Waals surface area contributed by atoms with Gasteiger partial charge in [0.25, 0.3) is 0 Å². The van der Waals surface area contributed by atoms with Gasteiger partial charge in [0, 0.05) is 29.0 Å². The highest BCUT2D eigenvalue weighted by Crippen LogP contribution is 2.39. The number of nitrogens with one attached hydrogen (secondary N) is 1. The van der Waals surface area contributed by atoms with E-state index in [1.165, 1.54) is 6.20 Å². The van der Waals surface area contributed by atoms with E-state index in [-0.39, 0.29) is 6.10 Å². The lowest BCUT2D eigenvalue weighted by atomic mass is 10.1. The first-order chi connectivity index (χ1) is 15.4. The molecule has 32 heavy (non-hydrogen) atoms. The van der Waals surface area contributed by atoms with Gasteiger partial charge in [-0.3, -0.25) is 4.98 Å². The van der Waals surface area contributed by atoms with Crippen LogP contribution in [0.5, 0.6) is 11.5 Å². The highest BCUT2D eigenvalue weighted by molar-refractivity contribution is 6.42. The quantitative estimate of drug-likeness (QED) is 0.435. The molecule has 1 aliphatic heterocycles. The van der Waals surface area contributed by atoms with Crippen molar-refractivity contribution in [1.82, 2.24) is 9.88 Å². The Morgan fingerprint density at radius 1 is 1.25 bits per heavy atom. The van der Waals surface area contributed by atoms with Gasteiger partial charge in [-0.05, 0) is 30.3 Å². The van der Waals surface area contributed by atoms with E-state index in [0.717, 1.165) is 11.1 Å². The molecule has 3 aromatic rings. The minimum Gasteiger partial charge on any atom is -0.493 e. The van der Waals surface area contributed by atoms with Crippen molar-refractivity contribution in [2.45, 2.75) is 6.10 Å². The molecule has 1 aliphatic rings. The average Bonchev–Trinajstić information content (AvgIpc) is 2.77. The summed E-state index contributed by atoms with van der Waals surface area (Å²) in [4.78, 5) is 6.50. The van der Waals surface area contributed by atoms with Gasteiger partial charge in [0.15, 0.2) is 11.5 Å². The standard InChI is InChI=1S/C24H20Cl2N4O2/c1-4-14(2)30-12-17(13-30)32-23-8-18-21(9-22(23)31-3)28-11-15(10-27)24(18)29-16-5-6-19(25)20(26)7-16/h4-9,11,17H,1-2,12-13H2,3H3,(H,28,29). The predicted octanol–water partition coefficient (Wildman–Crippen LogP) is 5.93. The molecule has 0 spiro atoms. The summed E-state index contributed by atoms with van der Waals surface area (Å²) in [7, 11) is 1.58. The second kappa shape index (κ2) is 8.99. The van der Waals surface area contributed by atoms with Crippen LogP contribution >= 0.6 is 23.2 Å². The summed E-state index contributed by atoms with van der Waals surface area (Å²) in [6.45, 7) is 9.11. The summed E-state index contributed by atoms with van der Waals surface area (Å²) in [5, 5.41) is 14.5. The summed E-state index contributed by atoms with van der Waals surface area (Å²) in [6, 6.07) is 11.0. The molecule has 2 heterocycles. The Balaban J connectivity index is 1.72. The van der Waals surface area contributed by atoms with E-state index in [0.29, 0.717) is 57.1 Å². The van der Waals surface area contributed by atoms with Gasteiger partial charge in [0.05, 0.1) is 47.0 Å². The van der Waals surface area contributed by atoms with Crippen LogP contribution < -0.4 is 14.8 Å². The molecule has 0 bridgehead atoms. The lowest BCUT2D eigenvalue weighted by molar-refractivity contribution is 0.0454. The molecule has 8 heteroatoms. The van der Waals surface area contributed by atoms with Crippen molar-refractivity contribution >= 4 is 45.5 Å². The fraction of sp³-hybridized carbons (Fsp3) is 0.167. The Kier molecular flexibility index (Phi) is 6.13. The highest BCUT2D eigenvalue weighted by Gasteiger charge is 2.29. The second-order valence-electron chi connectivity index (χ2n) is 7.27. The molecular weight excluding hydrogens is 447 g/mol. The number of hydrogen-bond acceptors (Lipinski definition) is 6. The van der Waals surface area contributed by atoms with Crippen LogP contribution in [0.3, 0.4) is 0 Å². The number of rotatable bonds is 7. The molecule has 162 valence electrons. The first-order valence-electron chi connectivity index (χ1n) is 9.79. The fourth-order valence-electron chi connectivity index (χ4n) is 3.45. The van der Waals surface area contributed by atoms with Crippen molar-refractivity contribution in [2.24, 2.45) is 0 Å². The number of nitriles is 1. The van der Waals surface area contributed by atoms with Crippen molar-refractivity contribution in [2.75, 3.05) is 25.5 Å². The normalized spacial score (nSPS) is 13.2. The van der Waals surface area contributed by atoms with Gasteiger partial charge in [0.1, 0.15) is 12.2 Å². The Bertz CT molecular complexity index is 1260. The van der Waals surface area contributed by atoms with Crippen molar-refractivity contribution in [3.63, 3.8) is 0 Å². The highest BCUT2D eigenvalue weighted by atomic mass is 35.5. The van der Waals surface area contributed by atoms with E-state index in [4.69, 9.17) is 32.7 Å². The number of allylic oxidation sites excluding steroid dienone is 1. The van der Waals surface area contributed by atoms with Crippen LogP contribution in [0.15, 0.2) is 61.5 Å². The van der Waals surface area contributed by atoms with Crippen LogP contribution in [0, 0.1) is 11.3 Å². The lowest BCUT2D eigenvalue weighted by Gasteiger charge is -2.41. The van der Waals surface area contributed by atoms with Crippen molar-refractivity contribution in [3.8, 4) is 17.6 Å². The molecule has 1 saturated heterocycles. The van der Waals surface area contributed by atoms with Gasteiger partial charge in [0.2, 0.25) is 0 Å². The first kappa shape index (κ1) is 21.8. The molecule has 0 saturated carbocycles. The number of pyridine rings is 1. The third-order valence-electron chi connectivity index (χ3n) is 5.25. The molecule has 0 amide bonds. The van der Waals surface area contributed by atoms with Gasteiger partial charge in [-0.25, -0.2) is 0 Å². The topological polar surface area (TPSA) is 70.4 Å². The zero-order chi connectivity index (χ0) is 22.8. The zero-order valence-corrected chi connectivity index (χ0v) is 18.9. The van der Waals surface area contributed by atoms with Gasteiger partial charge in [-0.15, -0.1) is 0 Å². The van der Waals surface area contributed by atoms with Crippen LogP contribution in [0.25, 0.3) is 10.9 Å². The number of methoxy groups -OCH3 is 1. The van der Waals surface area contributed by atoms with Gasteiger partial charge >= 0.3 is 0 Å². The molecule has 2 aromatic carbocycles. The minimum absolute atomic E-state index is 0.0170. The van der Waals surface area contributed by atoms with Crippen LogP contribution in [0.4, 0.5) is 11.4 Å². The number of fused-ring (bicyclic) bond motifs is 1. The number of hydrogen-bond donors (Lipinski definition) is 1. The van der Waals surface area contributed by atoms with Gasteiger partial charge in [-0.2, -0.15) is 5.26 Å². The SMILES string of the molecule is C=CC(=C)N1CC(Oc2cc3c(Nc4ccc(Cl)c(Cl)c4)c(C#N)cnc3cc2OC)C1. The Hall–Kier alpha value is -3.40. The molecule has 0 unspecified atom stereocenters. The molecule has 1 N–H and O–H groups in total. The minimum atomic E-state index is -0.0170. The molecule has 4 rings (SSSR count). The largest absolute Gasteiger partial charge is 0.493 e. The molecule has 0 radical (unpaired) electrons. The molecule has 0 aliphatic carbocycles. The first-order valence-corrected chi connectivity index (χ1v) is 10.5.